The highest BCUT2D eigenvalue weighted by Crippen LogP contribution is 2.28. The Bertz CT molecular complexity index is 1320. The molecule has 0 saturated carbocycles. The van der Waals surface area contributed by atoms with Crippen molar-refractivity contribution in [1.29, 1.82) is 0 Å². The highest BCUT2D eigenvalue weighted by Gasteiger charge is 2.16. The van der Waals surface area contributed by atoms with Gasteiger partial charge in [0.25, 0.3) is 0 Å². The molecule has 2 aromatic heterocycles. The van der Waals surface area contributed by atoms with Crippen LogP contribution >= 0.6 is 22.7 Å². The second-order valence-electron chi connectivity index (χ2n) is 9.11. The zero-order valence-corrected chi connectivity index (χ0v) is 23.6. The fourth-order valence-corrected chi connectivity index (χ4v) is 5.38. The van der Waals surface area contributed by atoms with Gasteiger partial charge in [0.05, 0.1) is 12.8 Å². The van der Waals surface area contributed by atoms with Gasteiger partial charge < -0.3 is 9.47 Å². The first kappa shape index (κ1) is 27.3. The Balaban J connectivity index is 1.32. The van der Waals surface area contributed by atoms with Gasteiger partial charge in [0.1, 0.15) is 11.5 Å². The molecule has 4 rings (SSSR count). The second-order valence-corrected chi connectivity index (χ2v) is 11.1. The fourth-order valence-electron chi connectivity index (χ4n) is 4.14. The van der Waals surface area contributed by atoms with Gasteiger partial charge in [0, 0.05) is 9.75 Å². The molecular weight excluding hydrogens is 512 g/mol. The lowest BCUT2D eigenvalue weighted by Gasteiger charge is -2.13. The van der Waals surface area contributed by atoms with Gasteiger partial charge in [-0.05, 0) is 120 Å². The summed E-state index contributed by atoms with van der Waals surface area (Å²) in [6.45, 7) is 7.66. The maximum Gasteiger partial charge on any atom is 0.311 e. The minimum atomic E-state index is -0.461. The highest BCUT2D eigenvalue weighted by atomic mass is 32.1. The van der Waals surface area contributed by atoms with Crippen molar-refractivity contribution >= 4 is 58.9 Å². The van der Waals surface area contributed by atoms with Crippen LogP contribution in [-0.2, 0) is 9.59 Å². The Morgan fingerprint density at radius 3 is 1.32 bits per heavy atom. The number of carbonyl (C=O) groups is 2. The highest BCUT2D eigenvalue weighted by molar-refractivity contribution is 7.11. The molecule has 0 fully saturated rings. The number of benzene rings is 2. The van der Waals surface area contributed by atoms with E-state index in [1.165, 1.54) is 9.75 Å². The first-order valence-electron chi connectivity index (χ1n) is 12.4. The van der Waals surface area contributed by atoms with Gasteiger partial charge in [-0.25, -0.2) is 0 Å². The molecule has 0 aliphatic rings. The topological polar surface area (TPSA) is 52.6 Å². The van der Waals surface area contributed by atoms with Crippen LogP contribution in [0.5, 0.6) is 11.5 Å². The number of hydrogen-bond acceptors (Lipinski definition) is 6. The summed E-state index contributed by atoms with van der Waals surface area (Å²) in [5, 5.41) is 4.08. The van der Waals surface area contributed by atoms with Crippen molar-refractivity contribution in [2.24, 2.45) is 0 Å². The van der Waals surface area contributed by atoms with Crippen LogP contribution in [-0.4, -0.2) is 11.9 Å². The Morgan fingerprint density at radius 1 is 0.632 bits per heavy atom. The molecule has 4 nitrogen and oxygen atoms in total. The molecule has 0 amide bonds. The summed E-state index contributed by atoms with van der Waals surface area (Å²) >= 11 is 3.35. The zero-order chi connectivity index (χ0) is 27.1. The number of hydrogen-bond donors (Lipinski definition) is 0. The number of thiophene rings is 2. The van der Waals surface area contributed by atoms with Crippen molar-refractivity contribution in [3.8, 4) is 11.5 Å². The van der Waals surface area contributed by atoms with Gasteiger partial charge in [0.15, 0.2) is 0 Å². The molecule has 0 spiro atoms. The first-order valence-corrected chi connectivity index (χ1v) is 14.1. The lowest BCUT2D eigenvalue weighted by molar-refractivity contribution is -0.140. The normalized spacial score (nSPS) is 11.4. The molecule has 2 aromatic carbocycles. The SMILES string of the molecule is Cc1cc(C=Cc2cccs2)cc(C)c1OC(=O)CCC(=O)Oc1c(C)cc(C=Cc2cccs2)cc1C. The van der Waals surface area contributed by atoms with E-state index in [1.54, 1.807) is 22.7 Å². The van der Waals surface area contributed by atoms with Crippen LogP contribution in [0.4, 0.5) is 0 Å². The minimum absolute atomic E-state index is 0.0581. The van der Waals surface area contributed by atoms with E-state index < -0.39 is 11.9 Å². The van der Waals surface area contributed by atoms with Crippen molar-refractivity contribution in [2.75, 3.05) is 0 Å². The predicted octanol–water partition coefficient (Wildman–Crippen LogP) is 8.68. The molecule has 0 radical (unpaired) electrons. The number of aryl methyl sites for hydroxylation is 4. The molecule has 0 unspecified atom stereocenters. The standard InChI is InChI=1S/C32H30O4S2/c1-21-17-25(9-11-27-7-5-15-37-27)18-22(2)31(21)35-29(33)13-14-30(34)36-32-23(3)19-26(20-24(32)4)10-12-28-8-6-16-38-28/h5-12,15-20H,13-14H2,1-4H3. The molecule has 0 aliphatic carbocycles. The fraction of sp³-hybridized carbons (Fsp3) is 0.188. The molecule has 0 bridgehead atoms. The van der Waals surface area contributed by atoms with E-state index in [9.17, 15) is 9.59 Å². The molecular formula is C32H30O4S2. The number of ether oxygens (including phenoxy) is 2. The van der Waals surface area contributed by atoms with Gasteiger partial charge in [0.2, 0.25) is 0 Å². The van der Waals surface area contributed by atoms with Crippen molar-refractivity contribution in [3.05, 3.63) is 102 Å². The summed E-state index contributed by atoms with van der Waals surface area (Å²) in [7, 11) is 0. The Kier molecular flexibility index (Phi) is 9.10. The molecule has 194 valence electrons. The quantitative estimate of drug-likeness (QED) is 0.157. The molecule has 0 saturated heterocycles. The van der Waals surface area contributed by atoms with E-state index >= 15 is 0 Å². The lowest BCUT2D eigenvalue weighted by atomic mass is 10.0. The maximum atomic E-state index is 12.5. The average molecular weight is 543 g/mol. The Hall–Kier alpha value is -3.74. The van der Waals surface area contributed by atoms with Crippen LogP contribution < -0.4 is 9.47 Å². The summed E-state index contributed by atoms with van der Waals surface area (Å²) in [5.41, 5.74) is 5.54. The summed E-state index contributed by atoms with van der Waals surface area (Å²) in [4.78, 5) is 27.4. The first-order chi connectivity index (χ1) is 18.3. The van der Waals surface area contributed by atoms with Gasteiger partial charge >= 0.3 is 11.9 Å². The number of esters is 2. The van der Waals surface area contributed by atoms with Gasteiger partial charge in [-0.2, -0.15) is 0 Å². The monoisotopic (exact) mass is 542 g/mol. The van der Waals surface area contributed by atoms with Gasteiger partial charge in [-0.15, -0.1) is 22.7 Å². The summed E-state index contributed by atoms with van der Waals surface area (Å²) in [6.07, 6.45) is 8.10. The smallest absolute Gasteiger partial charge is 0.311 e. The predicted molar refractivity (Wildman–Crippen MR) is 159 cm³/mol. The Labute approximate surface area is 231 Å². The number of carbonyl (C=O) groups excluding carboxylic acids is 2. The Morgan fingerprint density at radius 2 is 1.00 bits per heavy atom. The lowest BCUT2D eigenvalue weighted by Crippen LogP contribution is -2.15. The van der Waals surface area contributed by atoms with Crippen molar-refractivity contribution in [1.82, 2.24) is 0 Å². The minimum Gasteiger partial charge on any atom is -0.426 e. The van der Waals surface area contributed by atoms with Crippen molar-refractivity contribution < 1.29 is 19.1 Å². The maximum absolute atomic E-state index is 12.5. The average Bonchev–Trinajstić information content (AvgIpc) is 3.59. The third kappa shape index (κ3) is 7.40. The van der Waals surface area contributed by atoms with E-state index in [0.29, 0.717) is 11.5 Å². The number of rotatable bonds is 9. The molecule has 6 heteroatoms. The van der Waals surface area contributed by atoms with Gasteiger partial charge in [-0.3, -0.25) is 9.59 Å². The largest absolute Gasteiger partial charge is 0.426 e. The zero-order valence-electron chi connectivity index (χ0n) is 21.9. The van der Waals surface area contributed by atoms with Crippen LogP contribution in [0, 0.1) is 27.7 Å². The van der Waals surface area contributed by atoms with Crippen molar-refractivity contribution in [3.63, 3.8) is 0 Å². The summed E-state index contributed by atoms with van der Waals surface area (Å²) in [5.74, 6) is 0.152. The van der Waals surface area contributed by atoms with Gasteiger partial charge in [-0.1, -0.05) is 24.3 Å². The van der Waals surface area contributed by atoms with E-state index in [2.05, 4.69) is 24.3 Å². The molecule has 38 heavy (non-hydrogen) atoms. The third-order valence-corrected chi connectivity index (χ3v) is 7.57. The van der Waals surface area contributed by atoms with Crippen LogP contribution in [0.25, 0.3) is 24.3 Å². The van der Waals surface area contributed by atoms with Crippen LogP contribution in [0.3, 0.4) is 0 Å². The van der Waals surface area contributed by atoms with Crippen LogP contribution in [0.1, 0.15) is 56.0 Å². The van der Waals surface area contributed by atoms with E-state index in [4.69, 9.17) is 9.47 Å². The molecule has 4 aromatic rings. The molecule has 0 aliphatic heterocycles. The van der Waals surface area contributed by atoms with Crippen LogP contribution in [0.2, 0.25) is 0 Å². The van der Waals surface area contributed by atoms with Crippen molar-refractivity contribution in [2.45, 2.75) is 40.5 Å². The van der Waals surface area contributed by atoms with E-state index in [-0.39, 0.29) is 12.8 Å². The summed E-state index contributed by atoms with van der Waals surface area (Å²) in [6, 6.07) is 16.1. The van der Waals surface area contributed by atoms with E-state index in [1.807, 2.05) is 87.0 Å². The molecule has 0 atom stereocenters. The second kappa shape index (κ2) is 12.7. The van der Waals surface area contributed by atoms with Crippen LogP contribution in [0.15, 0.2) is 59.3 Å². The van der Waals surface area contributed by atoms with E-state index in [0.717, 1.165) is 33.4 Å². The molecule has 0 N–H and O–H groups in total. The third-order valence-electron chi connectivity index (χ3n) is 5.90. The molecule has 2 heterocycles. The summed E-state index contributed by atoms with van der Waals surface area (Å²) < 4.78 is 11.3.